The highest BCUT2D eigenvalue weighted by atomic mass is 15.1. The summed E-state index contributed by atoms with van der Waals surface area (Å²) in [7, 11) is 0. The van der Waals surface area contributed by atoms with E-state index in [1.54, 1.807) is 0 Å². The topological polar surface area (TPSA) is 19.7 Å². The minimum atomic E-state index is -0.183. The number of hydrogen-bond acceptors (Lipinski definition) is 0. The Kier molecular flexibility index (Phi) is 11.4. The maximum Gasteiger partial charge on any atom is 0.333 e. The Morgan fingerprint density at radius 2 is 0.596 bits per heavy atom. The molecule has 0 amide bonds. The fourth-order valence-electron chi connectivity index (χ4n) is 19.2. The number of benzene rings is 16. The van der Waals surface area contributed by atoms with E-state index in [9.17, 15) is 0 Å². The van der Waals surface area contributed by atoms with E-state index >= 15 is 0 Å². The van der Waals surface area contributed by atoms with Gasteiger partial charge < -0.3 is 18.2 Å². The monoisotopic (exact) mass is 1310 g/mol. The van der Waals surface area contributed by atoms with Gasteiger partial charge in [0.05, 0.1) is 50.3 Å². The van der Waals surface area contributed by atoms with Gasteiger partial charge in [-0.2, -0.15) is 0 Å². The van der Waals surface area contributed by atoms with E-state index in [1.807, 2.05) is 0 Å². The molecule has 20 aromatic rings. The van der Waals surface area contributed by atoms with E-state index in [2.05, 4.69) is 370 Å². The Morgan fingerprint density at radius 1 is 0.221 bits per heavy atom. The van der Waals surface area contributed by atoms with Crippen LogP contribution in [0.15, 0.2) is 352 Å². The summed E-state index contributed by atoms with van der Waals surface area (Å²) in [5.41, 5.74) is 42.2. The lowest BCUT2D eigenvalue weighted by molar-refractivity contribution is 0.711. The largest absolute Gasteiger partial charge is 0.374 e. The fourth-order valence-corrected chi connectivity index (χ4v) is 19.2. The Balaban J connectivity index is 0.764. The van der Waals surface area contributed by atoms with Gasteiger partial charge in [0.25, 0.3) is 0 Å². The zero-order valence-corrected chi connectivity index (χ0v) is 56.4. The molecule has 0 spiro atoms. The predicted molar refractivity (Wildman–Crippen MR) is 436 cm³/mol. The van der Waals surface area contributed by atoms with Crippen molar-refractivity contribution in [1.82, 2.24) is 18.2 Å². The second kappa shape index (κ2) is 21.1. The van der Waals surface area contributed by atoms with Crippen molar-refractivity contribution >= 4 is 94.2 Å². The Labute approximate surface area is 600 Å². The molecule has 16 aromatic carbocycles. The van der Waals surface area contributed by atoms with E-state index in [1.165, 1.54) is 221 Å². The maximum absolute atomic E-state index is 2.83. The molecule has 8 heterocycles. The molecular formula is C99H59BN4. The number of fused-ring (bicyclic) bond motifs is 19. The van der Waals surface area contributed by atoms with Crippen LogP contribution in [0.4, 0.5) is 0 Å². The highest BCUT2D eigenvalue weighted by Gasteiger charge is 2.45. The fraction of sp³-hybridized carbons (Fsp3) is 0.0101. The van der Waals surface area contributed by atoms with Crippen LogP contribution in [0.3, 0.4) is 0 Å². The van der Waals surface area contributed by atoms with Gasteiger partial charge in [0.15, 0.2) is 0 Å². The molecule has 0 saturated carbocycles. The molecule has 0 fully saturated rings. The van der Waals surface area contributed by atoms with Crippen LogP contribution < -0.4 is 10.9 Å². The van der Waals surface area contributed by atoms with E-state index < -0.39 is 0 Å². The molecule has 4 nitrogen and oxygen atoms in total. The molecule has 478 valence electrons. The van der Waals surface area contributed by atoms with Gasteiger partial charge in [-0.05, 0) is 166 Å². The lowest BCUT2D eigenvalue weighted by Gasteiger charge is -2.36. The average molecular weight is 1320 g/mol. The van der Waals surface area contributed by atoms with E-state index in [0.717, 1.165) is 0 Å². The van der Waals surface area contributed by atoms with Gasteiger partial charge in [-0.25, -0.2) is 0 Å². The molecule has 1 unspecified atom stereocenters. The van der Waals surface area contributed by atoms with Crippen LogP contribution in [-0.2, 0) is 0 Å². The van der Waals surface area contributed by atoms with Crippen LogP contribution in [0.5, 0.6) is 0 Å². The Bertz CT molecular complexity index is 6650. The molecule has 1 atom stereocenters. The number of nitrogens with zero attached hydrogens (tertiary/aromatic N) is 4. The van der Waals surface area contributed by atoms with Gasteiger partial charge in [-0.15, -0.1) is 0 Å². The zero-order chi connectivity index (χ0) is 67.6. The minimum absolute atomic E-state index is 0.183. The van der Waals surface area contributed by atoms with E-state index in [0.29, 0.717) is 0 Å². The summed E-state index contributed by atoms with van der Waals surface area (Å²) >= 11 is 0. The van der Waals surface area contributed by atoms with Crippen molar-refractivity contribution in [2.75, 3.05) is 0 Å². The first kappa shape index (κ1) is 56.3. The molecule has 104 heavy (non-hydrogen) atoms. The number of aromatic nitrogens is 4. The van der Waals surface area contributed by atoms with Crippen molar-refractivity contribution in [3.05, 3.63) is 363 Å². The number of hydrogen-bond donors (Lipinski definition) is 0. The lowest BCUT2D eigenvalue weighted by Crippen LogP contribution is -2.55. The first-order valence-corrected chi connectivity index (χ1v) is 36.3. The summed E-state index contributed by atoms with van der Waals surface area (Å²) in [5, 5.41) is 7.55. The molecule has 0 radical (unpaired) electrons. The quantitative estimate of drug-likeness (QED) is 0.135. The predicted octanol–water partition coefficient (Wildman–Crippen LogP) is 24.2. The lowest BCUT2D eigenvalue weighted by atomic mass is 9.45. The van der Waals surface area contributed by atoms with Crippen molar-refractivity contribution < 1.29 is 0 Å². The minimum Gasteiger partial charge on any atom is -0.374 e. The molecule has 0 N–H and O–H groups in total. The van der Waals surface area contributed by atoms with E-state index in [-0.39, 0.29) is 12.9 Å². The van der Waals surface area contributed by atoms with Crippen LogP contribution >= 0.6 is 0 Å². The third kappa shape index (κ3) is 7.71. The molecule has 5 heteroatoms. The van der Waals surface area contributed by atoms with Crippen molar-refractivity contribution in [3.63, 3.8) is 0 Å². The number of rotatable bonds is 8. The molecule has 4 aromatic heterocycles. The molecule has 24 rings (SSSR count). The molecular weight excluding hydrogens is 1260 g/mol. The molecule has 0 aliphatic carbocycles. The van der Waals surface area contributed by atoms with Crippen molar-refractivity contribution in [2.24, 2.45) is 0 Å². The summed E-state index contributed by atoms with van der Waals surface area (Å²) in [6, 6.07) is 133. The second-order valence-electron chi connectivity index (χ2n) is 29.0. The van der Waals surface area contributed by atoms with Gasteiger partial charge in [0.2, 0.25) is 0 Å². The van der Waals surface area contributed by atoms with Gasteiger partial charge >= 0.3 is 6.85 Å². The molecule has 4 aliphatic rings. The summed E-state index contributed by atoms with van der Waals surface area (Å²) in [6.45, 7) is -0.183. The molecule has 0 saturated heterocycles. The Hall–Kier alpha value is -13.5. The Morgan fingerprint density at radius 3 is 1.11 bits per heavy atom. The van der Waals surface area contributed by atoms with Gasteiger partial charge in [0, 0.05) is 65.8 Å². The third-order valence-electron chi connectivity index (χ3n) is 23.7. The summed E-state index contributed by atoms with van der Waals surface area (Å²) in [5.74, 6) is 0. The van der Waals surface area contributed by atoms with Crippen LogP contribution in [0.2, 0.25) is 0 Å². The van der Waals surface area contributed by atoms with Crippen LogP contribution in [0, 0.1) is 0 Å². The highest BCUT2D eigenvalue weighted by Crippen LogP contribution is 2.58. The van der Waals surface area contributed by atoms with Crippen LogP contribution in [0.25, 0.3) is 199 Å². The van der Waals surface area contributed by atoms with Crippen LogP contribution in [-0.4, -0.2) is 25.0 Å². The molecule has 4 aliphatic heterocycles. The SMILES string of the molecule is c1ccc(-c2ccc(-c3ccc4c(c3)c3cc(-c5ccc(-c6ccccc6)cc5)cc5c3n4-c3cccc4c3B5n3c5c-4cccc5c4c3c3cccc5c3n4C3c4c-5cccc4-n4c5ccc(-c6ccc(-c7ccccc7)cc6)cc5c5cc(-c6ccc(-c7ccccc7)cc6)cc3c54)cc2)cc1. The first-order valence-electron chi connectivity index (χ1n) is 36.3. The van der Waals surface area contributed by atoms with Crippen LogP contribution in [0.1, 0.15) is 17.2 Å². The normalized spacial score (nSPS) is 13.5. The van der Waals surface area contributed by atoms with Crippen molar-refractivity contribution in [2.45, 2.75) is 6.04 Å². The van der Waals surface area contributed by atoms with Gasteiger partial charge in [0.1, 0.15) is 0 Å². The van der Waals surface area contributed by atoms with Gasteiger partial charge in [-0.3, -0.25) is 0 Å². The van der Waals surface area contributed by atoms with E-state index in [4.69, 9.17) is 0 Å². The standard InChI is InChI=1S/C99H59BN4/c1-5-17-59(18-6-1)63-33-41-67(42-34-63)71-49-51-87-81(53-71)83-55-73(69-45-37-65(38-46-69)61-21-9-3-10-22-61)57-85-94(83)101(87)89-31-15-25-75-77-27-13-29-79-93(77)103(97(85)91(75)89)98-80-30-14-28-78-76-26-16-32-90-92(76)100(104(95(78)80)99(79)98)86-58-74(70-47-39-66(40-48-70)62-23-11-4-12-24-62)56-84-82-54-72(50-52-88(82)102(90)96(84)86)68-43-35-64(36-44-68)60-19-7-2-8-20-60/h1-58,97H. The summed E-state index contributed by atoms with van der Waals surface area (Å²) < 4.78 is 10.9. The number of para-hydroxylation sites is 2. The average Bonchev–Trinajstić information content (AvgIpc) is 1.48. The third-order valence-corrected chi connectivity index (χ3v) is 23.7. The summed E-state index contributed by atoms with van der Waals surface area (Å²) in [6.07, 6.45) is 0. The van der Waals surface area contributed by atoms with Crippen molar-refractivity contribution in [1.29, 1.82) is 0 Å². The van der Waals surface area contributed by atoms with Crippen molar-refractivity contribution in [3.8, 4) is 123 Å². The highest BCUT2D eigenvalue weighted by molar-refractivity contribution is 6.90. The zero-order valence-electron chi connectivity index (χ0n) is 56.4. The smallest absolute Gasteiger partial charge is 0.333 e. The second-order valence-corrected chi connectivity index (χ2v) is 29.0. The molecule has 0 bridgehead atoms. The first-order chi connectivity index (χ1) is 51.6. The maximum atomic E-state index is 2.83. The summed E-state index contributed by atoms with van der Waals surface area (Å²) in [4.78, 5) is 0. The van der Waals surface area contributed by atoms with Gasteiger partial charge in [-0.1, -0.05) is 297 Å².